The van der Waals surface area contributed by atoms with E-state index in [9.17, 15) is 13.6 Å². The lowest BCUT2D eigenvalue weighted by Gasteiger charge is -2.35. The molecule has 0 radical (unpaired) electrons. The minimum Gasteiger partial charge on any atom is -0.494 e. The van der Waals surface area contributed by atoms with Crippen LogP contribution in [0.1, 0.15) is 44.2 Å². The number of rotatable bonds is 7. The van der Waals surface area contributed by atoms with Crippen molar-refractivity contribution < 1.29 is 22.8 Å². The van der Waals surface area contributed by atoms with Gasteiger partial charge in [0.2, 0.25) is 5.82 Å². The summed E-state index contributed by atoms with van der Waals surface area (Å²) in [5.74, 6) is -0.526. The van der Waals surface area contributed by atoms with E-state index >= 15 is 0 Å². The smallest absolute Gasteiger partial charge is 0.322 e. The van der Waals surface area contributed by atoms with Crippen LogP contribution in [-0.2, 0) is 0 Å². The van der Waals surface area contributed by atoms with Gasteiger partial charge in [-0.3, -0.25) is 4.90 Å². The molecule has 1 N–H and O–H groups in total. The lowest BCUT2D eigenvalue weighted by Crippen LogP contribution is -2.46. The highest BCUT2D eigenvalue weighted by molar-refractivity contribution is 5.86. The van der Waals surface area contributed by atoms with Crippen LogP contribution in [0.5, 0.6) is 5.75 Å². The second-order valence-corrected chi connectivity index (χ2v) is 7.71. The first kappa shape index (κ1) is 22.4. The van der Waals surface area contributed by atoms with Gasteiger partial charge in [0.25, 0.3) is 5.89 Å². The number of carbonyl (C=O) groups is 1. The van der Waals surface area contributed by atoms with Crippen molar-refractivity contribution in [3.63, 3.8) is 0 Å². The van der Waals surface area contributed by atoms with Gasteiger partial charge in [0.1, 0.15) is 5.82 Å². The Balaban J connectivity index is 1.79. The van der Waals surface area contributed by atoms with Gasteiger partial charge in [0.05, 0.1) is 18.7 Å². The minimum absolute atomic E-state index is 0.105. The molecule has 33 heavy (non-hydrogen) atoms. The van der Waals surface area contributed by atoms with E-state index in [1.807, 2.05) is 6.92 Å². The molecule has 9 heteroatoms. The molecule has 172 valence electrons. The molecule has 1 unspecified atom stereocenters. The van der Waals surface area contributed by atoms with Gasteiger partial charge in [0.15, 0.2) is 11.6 Å². The zero-order valence-electron chi connectivity index (χ0n) is 18.6. The molecule has 7 nitrogen and oxygen atoms in total. The molecule has 0 fully saturated rings. The maximum Gasteiger partial charge on any atom is 0.322 e. The van der Waals surface area contributed by atoms with Gasteiger partial charge in [-0.05, 0) is 49.2 Å². The first-order chi connectivity index (χ1) is 15.9. The molecule has 2 aromatic carbocycles. The number of methoxy groups -OCH3 is 1. The Morgan fingerprint density at radius 3 is 2.73 bits per heavy atom. The van der Waals surface area contributed by atoms with E-state index in [0.717, 1.165) is 12.8 Å². The summed E-state index contributed by atoms with van der Waals surface area (Å²) in [7, 11) is 1.38. The van der Waals surface area contributed by atoms with Gasteiger partial charge in [-0.1, -0.05) is 30.6 Å². The molecule has 1 atom stereocenters. The number of hydrogen-bond donors (Lipinski definition) is 1. The number of benzene rings is 2. The molecule has 2 heterocycles. The fourth-order valence-corrected chi connectivity index (χ4v) is 3.84. The maximum absolute atomic E-state index is 14.2. The fourth-order valence-electron chi connectivity index (χ4n) is 3.84. The molecule has 3 aromatic rings. The van der Waals surface area contributed by atoms with Crippen molar-refractivity contribution in [2.75, 3.05) is 13.7 Å². The number of unbranched alkanes of at least 4 members (excludes halogenated alkanes) is 1. The number of halogens is 2. The second kappa shape index (κ2) is 9.40. The summed E-state index contributed by atoms with van der Waals surface area (Å²) >= 11 is 0. The van der Waals surface area contributed by atoms with E-state index in [1.165, 1.54) is 31.4 Å². The van der Waals surface area contributed by atoms with Gasteiger partial charge in [-0.2, -0.15) is 4.98 Å². The number of hydrogen-bond acceptors (Lipinski definition) is 5. The fraction of sp³-hybridized carbons (Fsp3) is 0.292. The first-order valence-electron chi connectivity index (χ1n) is 10.6. The molecular formula is C24H24F2N4O3. The SMILES string of the molecule is CCCCN1C(=O)NC(c2cccc(F)c2)C(c2nc(-c3ccc(OC)c(F)c3)no2)=C1C. The molecule has 1 aliphatic rings. The molecule has 0 saturated carbocycles. The zero-order valence-corrected chi connectivity index (χ0v) is 18.6. The molecule has 0 saturated heterocycles. The topological polar surface area (TPSA) is 80.5 Å². The lowest BCUT2D eigenvalue weighted by atomic mass is 9.94. The average Bonchev–Trinajstić information content (AvgIpc) is 3.28. The molecular weight excluding hydrogens is 430 g/mol. The van der Waals surface area contributed by atoms with E-state index in [-0.39, 0.29) is 23.5 Å². The van der Waals surface area contributed by atoms with Crippen LogP contribution in [0.4, 0.5) is 13.6 Å². The third-order valence-corrected chi connectivity index (χ3v) is 5.58. The zero-order chi connectivity index (χ0) is 23.5. The van der Waals surface area contributed by atoms with Crippen molar-refractivity contribution in [1.82, 2.24) is 20.4 Å². The van der Waals surface area contributed by atoms with Crippen LogP contribution in [0, 0.1) is 11.6 Å². The van der Waals surface area contributed by atoms with E-state index in [1.54, 1.807) is 30.0 Å². The number of ether oxygens (including phenoxy) is 1. The van der Waals surface area contributed by atoms with Crippen LogP contribution >= 0.6 is 0 Å². The number of nitrogens with one attached hydrogen (secondary N) is 1. The maximum atomic E-state index is 14.2. The number of aromatic nitrogens is 2. The molecule has 0 spiro atoms. The number of allylic oxidation sites excluding steroid dienone is 1. The van der Waals surface area contributed by atoms with Crippen LogP contribution in [0.3, 0.4) is 0 Å². The summed E-state index contributed by atoms with van der Waals surface area (Å²) in [6.07, 6.45) is 1.72. The van der Waals surface area contributed by atoms with Gasteiger partial charge < -0.3 is 14.6 Å². The summed E-state index contributed by atoms with van der Waals surface area (Å²) in [5, 5.41) is 6.94. The standard InChI is InChI=1S/C24H24F2N4O3/c1-4-5-11-30-14(2)20(21(27-24(30)31)15-7-6-8-17(25)12-15)23-28-22(29-33-23)16-9-10-19(32-3)18(26)13-16/h6-10,12-13,21H,4-5,11H2,1-3H3,(H,27,31). The second-order valence-electron chi connectivity index (χ2n) is 7.71. The lowest BCUT2D eigenvalue weighted by molar-refractivity contribution is 0.204. The highest BCUT2D eigenvalue weighted by Gasteiger charge is 2.35. The van der Waals surface area contributed by atoms with Gasteiger partial charge in [0, 0.05) is 17.8 Å². The van der Waals surface area contributed by atoms with Crippen LogP contribution in [0.2, 0.25) is 0 Å². The predicted molar refractivity (Wildman–Crippen MR) is 118 cm³/mol. The summed E-state index contributed by atoms with van der Waals surface area (Å²) in [5.41, 5.74) is 2.15. The van der Waals surface area contributed by atoms with Gasteiger partial charge in [-0.25, -0.2) is 13.6 Å². The quantitative estimate of drug-likeness (QED) is 0.523. The van der Waals surface area contributed by atoms with Crippen LogP contribution in [-0.4, -0.2) is 34.7 Å². The minimum atomic E-state index is -0.688. The first-order valence-corrected chi connectivity index (χ1v) is 10.6. The van der Waals surface area contributed by atoms with Crippen LogP contribution in [0.15, 0.2) is 52.7 Å². The third kappa shape index (κ3) is 4.44. The Kier molecular flexibility index (Phi) is 6.39. The summed E-state index contributed by atoms with van der Waals surface area (Å²) in [6, 6.07) is 9.38. The van der Waals surface area contributed by atoms with Crippen molar-refractivity contribution in [3.05, 3.63) is 71.3 Å². The summed E-state index contributed by atoms with van der Waals surface area (Å²) in [6.45, 7) is 4.35. The van der Waals surface area contributed by atoms with E-state index < -0.39 is 17.7 Å². The Morgan fingerprint density at radius 1 is 1.21 bits per heavy atom. The molecule has 0 aliphatic carbocycles. The predicted octanol–water partition coefficient (Wildman–Crippen LogP) is 5.32. The summed E-state index contributed by atoms with van der Waals surface area (Å²) in [4.78, 5) is 18.9. The molecule has 1 aromatic heterocycles. The van der Waals surface area contributed by atoms with E-state index in [4.69, 9.17) is 9.26 Å². The largest absolute Gasteiger partial charge is 0.494 e. The van der Waals surface area contributed by atoms with Crippen molar-refractivity contribution in [2.24, 2.45) is 0 Å². The van der Waals surface area contributed by atoms with E-state index in [0.29, 0.717) is 28.9 Å². The molecule has 1 aliphatic heterocycles. The number of amides is 2. The van der Waals surface area contributed by atoms with Gasteiger partial charge >= 0.3 is 6.03 Å². The Hall–Kier alpha value is -3.75. The van der Waals surface area contributed by atoms with Crippen LogP contribution < -0.4 is 10.1 Å². The summed E-state index contributed by atoms with van der Waals surface area (Å²) < 4.78 is 38.7. The van der Waals surface area contributed by atoms with E-state index in [2.05, 4.69) is 15.5 Å². The van der Waals surface area contributed by atoms with Gasteiger partial charge in [-0.15, -0.1) is 0 Å². The molecule has 4 rings (SSSR count). The highest BCUT2D eigenvalue weighted by Crippen LogP contribution is 2.37. The number of carbonyl (C=O) groups excluding carboxylic acids is 1. The van der Waals surface area contributed by atoms with Crippen molar-refractivity contribution in [2.45, 2.75) is 32.7 Å². The Morgan fingerprint density at radius 2 is 2.03 bits per heavy atom. The van der Waals surface area contributed by atoms with Crippen molar-refractivity contribution >= 4 is 11.6 Å². The normalized spacial score (nSPS) is 16.2. The number of nitrogens with zero attached hydrogens (tertiary/aromatic N) is 3. The molecule has 2 amide bonds. The highest BCUT2D eigenvalue weighted by atomic mass is 19.1. The monoisotopic (exact) mass is 454 g/mol. The third-order valence-electron chi connectivity index (χ3n) is 5.58. The average molecular weight is 454 g/mol. The number of urea groups is 1. The van der Waals surface area contributed by atoms with Crippen molar-refractivity contribution in [1.29, 1.82) is 0 Å². The van der Waals surface area contributed by atoms with Crippen LogP contribution in [0.25, 0.3) is 17.0 Å². The molecule has 0 bridgehead atoms. The Labute approximate surface area is 190 Å². The van der Waals surface area contributed by atoms with Crippen molar-refractivity contribution in [3.8, 4) is 17.1 Å². The Bertz CT molecular complexity index is 1210.